The van der Waals surface area contributed by atoms with E-state index < -0.39 is 5.97 Å². The Kier molecular flexibility index (Phi) is 4.41. The van der Waals surface area contributed by atoms with Crippen LogP contribution in [0.25, 0.3) is 6.08 Å². The fraction of sp³-hybridized carbons (Fsp3) is 0.423. The second-order valence-electron chi connectivity index (χ2n) is 10.0. The molecule has 2 N–H and O–H groups in total. The molecule has 4 rings (SSSR count). The minimum atomic E-state index is -0.984. The van der Waals surface area contributed by atoms with Gasteiger partial charge in [-0.1, -0.05) is 58.0 Å². The average Bonchev–Trinajstić information content (AvgIpc) is 3.45. The normalized spacial score (nSPS) is 21.0. The summed E-state index contributed by atoms with van der Waals surface area (Å²) in [6, 6.07) is 12.2. The van der Waals surface area contributed by atoms with Crippen LogP contribution in [0.4, 0.5) is 0 Å². The number of benzene rings is 2. The molecule has 0 unspecified atom stereocenters. The summed E-state index contributed by atoms with van der Waals surface area (Å²) in [5.74, 6) is -0.741. The first kappa shape index (κ1) is 19.8. The van der Waals surface area contributed by atoms with E-state index in [-0.39, 0.29) is 22.0 Å². The molecule has 2 aromatic carbocycles. The minimum Gasteiger partial charge on any atom is -0.508 e. The number of hydrogen-bond acceptors (Lipinski definition) is 2. The fourth-order valence-corrected chi connectivity index (χ4v) is 5.07. The molecule has 152 valence electrons. The Morgan fingerprint density at radius 1 is 0.931 bits per heavy atom. The second kappa shape index (κ2) is 6.48. The molecular formula is C26H30O3. The number of phenols is 1. The predicted molar refractivity (Wildman–Crippen MR) is 117 cm³/mol. The van der Waals surface area contributed by atoms with Gasteiger partial charge in [0.2, 0.25) is 0 Å². The fourth-order valence-electron chi connectivity index (χ4n) is 5.07. The number of aromatic hydroxyl groups is 1. The van der Waals surface area contributed by atoms with Crippen LogP contribution >= 0.6 is 0 Å². The zero-order valence-corrected chi connectivity index (χ0v) is 17.7. The number of carboxylic acids is 1. The first-order chi connectivity index (χ1) is 13.6. The van der Waals surface area contributed by atoms with E-state index in [1.165, 1.54) is 23.1 Å². The Hall–Kier alpha value is -2.55. The van der Waals surface area contributed by atoms with E-state index in [0.29, 0.717) is 0 Å². The minimum absolute atomic E-state index is 0.127. The van der Waals surface area contributed by atoms with Crippen molar-refractivity contribution in [2.24, 2.45) is 0 Å². The predicted octanol–water partition coefficient (Wildman–Crippen LogP) is 5.92. The van der Waals surface area contributed by atoms with E-state index in [0.717, 1.165) is 36.5 Å². The van der Waals surface area contributed by atoms with Crippen molar-refractivity contribution in [2.75, 3.05) is 0 Å². The highest BCUT2D eigenvalue weighted by Gasteiger charge is 2.49. The quantitative estimate of drug-likeness (QED) is 0.637. The van der Waals surface area contributed by atoms with Gasteiger partial charge in [-0.25, -0.2) is 4.79 Å². The number of carbonyl (C=O) groups is 1. The first-order valence-corrected chi connectivity index (χ1v) is 10.5. The van der Waals surface area contributed by atoms with Crippen LogP contribution in [0.2, 0.25) is 0 Å². The summed E-state index contributed by atoms with van der Waals surface area (Å²) >= 11 is 0. The summed E-state index contributed by atoms with van der Waals surface area (Å²) in [4.78, 5) is 11.0. The SMILES string of the molecule is CC1(C)CCC(C)(C)c2cc(C3(c4c(O)cccc4C=CC(=O)O)CC3)ccc21. The molecule has 1 saturated carbocycles. The van der Waals surface area contributed by atoms with E-state index in [1.54, 1.807) is 18.2 Å². The van der Waals surface area contributed by atoms with Gasteiger partial charge in [-0.2, -0.15) is 0 Å². The molecule has 0 atom stereocenters. The Bertz CT molecular complexity index is 1010. The topological polar surface area (TPSA) is 57.5 Å². The van der Waals surface area contributed by atoms with Crippen LogP contribution in [0.1, 0.15) is 81.2 Å². The van der Waals surface area contributed by atoms with Gasteiger partial charge in [0, 0.05) is 17.1 Å². The maximum absolute atomic E-state index is 11.0. The van der Waals surface area contributed by atoms with Gasteiger partial charge in [-0.05, 0) is 70.9 Å². The van der Waals surface area contributed by atoms with Gasteiger partial charge in [0.15, 0.2) is 0 Å². The Balaban J connectivity index is 1.86. The van der Waals surface area contributed by atoms with E-state index >= 15 is 0 Å². The number of hydrogen-bond donors (Lipinski definition) is 2. The van der Waals surface area contributed by atoms with Crippen molar-refractivity contribution in [1.29, 1.82) is 0 Å². The van der Waals surface area contributed by atoms with E-state index in [4.69, 9.17) is 5.11 Å². The van der Waals surface area contributed by atoms with Gasteiger partial charge in [-0.3, -0.25) is 0 Å². The number of carboxylic acid groups (broad SMARTS) is 1. The van der Waals surface area contributed by atoms with Gasteiger partial charge >= 0.3 is 5.97 Å². The van der Waals surface area contributed by atoms with Crippen LogP contribution in [-0.2, 0) is 21.0 Å². The summed E-state index contributed by atoms with van der Waals surface area (Å²) in [5.41, 5.74) is 5.76. The van der Waals surface area contributed by atoms with Crippen molar-refractivity contribution in [3.8, 4) is 5.75 Å². The largest absolute Gasteiger partial charge is 0.508 e. The average molecular weight is 391 g/mol. The molecule has 0 saturated heterocycles. The van der Waals surface area contributed by atoms with Crippen LogP contribution < -0.4 is 0 Å². The molecule has 2 aliphatic carbocycles. The molecular weight excluding hydrogens is 360 g/mol. The van der Waals surface area contributed by atoms with Gasteiger partial charge in [-0.15, -0.1) is 0 Å². The van der Waals surface area contributed by atoms with E-state index in [1.807, 2.05) is 6.07 Å². The van der Waals surface area contributed by atoms with Crippen LogP contribution in [0.3, 0.4) is 0 Å². The van der Waals surface area contributed by atoms with Gasteiger partial charge in [0.05, 0.1) is 0 Å². The standard InChI is InChI=1S/C26H30O3/c1-24(2)12-13-25(3,4)20-16-18(9-10-19(20)24)26(14-15-26)23-17(8-11-22(28)29)6-5-7-21(23)27/h5-11,16,27H,12-15H2,1-4H3,(H,28,29). The Labute approximate surface area is 173 Å². The molecule has 3 heteroatoms. The molecule has 2 aliphatic rings. The molecule has 1 fully saturated rings. The molecule has 0 radical (unpaired) electrons. The molecule has 0 aliphatic heterocycles. The molecule has 2 aromatic rings. The summed E-state index contributed by atoms with van der Waals surface area (Å²) < 4.78 is 0. The second-order valence-corrected chi connectivity index (χ2v) is 10.0. The molecule has 29 heavy (non-hydrogen) atoms. The highest BCUT2D eigenvalue weighted by atomic mass is 16.4. The third-order valence-corrected chi connectivity index (χ3v) is 7.11. The molecule has 0 heterocycles. The number of aliphatic carboxylic acids is 1. The van der Waals surface area contributed by atoms with Gasteiger partial charge < -0.3 is 10.2 Å². The Morgan fingerprint density at radius 3 is 2.21 bits per heavy atom. The summed E-state index contributed by atoms with van der Waals surface area (Å²) in [7, 11) is 0. The number of rotatable bonds is 4. The van der Waals surface area contributed by atoms with Crippen molar-refractivity contribution in [3.05, 3.63) is 70.3 Å². The van der Waals surface area contributed by atoms with Crippen molar-refractivity contribution in [3.63, 3.8) is 0 Å². The zero-order valence-electron chi connectivity index (χ0n) is 17.7. The third-order valence-electron chi connectivity index (χ3n) is 7.11. The van der Waals surface area contributed by atoms with Crippen LogP contribution in [0.5, 0.6) is 5.75 Å². The molecule has 0 bridgehead atoms. The van der Waals surface area contributed by atoms with Gasteiger partial charge in [0.25, 0.3) is 0 Å². The van der Waals surface area contributed by atoms with Crippen LogP contribution in [-0.4, -0.2) is 16.2 Å². The lowest BCUT2D eigenvalue weighted by Gasteiger charge is -2.42. The maximum atomic E-state index is 11.0. The van der Waals surface area contributed by atoms with Crippen LogP contribution in [0.15, 0.2) is 42.5 Å². The van der Waals surface area contributed by atoms with Crippen molar-refractivity contribution in [1.82, 2.24) is 0 Å². The molecule has 3 nitrogen and oxygen atoms in total. The molecule has 0 aromatic heterocycles. The van der Waals surface area contributed by atoms with Crippen LogP contribution in [0, 0.1) is 0 Å². The molecule has 0 spiro atoms. The third kappa shape index (κ3) is 3.27. The Morgan fingerprint density at radius 2 is 1.59 bits per heavy atom. The maximum Gasteiger partial charge on any atom is 0.328 e. The van der Waals surface area contributed by atoms with Crippen molar-refractivity contribution >= 4 is 12.0 Å². The first-order valence-electron chi connectivity index (χ1n) is 10.5. The zero-order chi connectivity index (χ0) is 21.0. The number of phenolic OH excluding ortho intramolecular Hbond substituents is 1. The van der Waals surface area contributed by atoms with Crippen molar-refractivity contribution < 1.29 is 15.0 Å². The number of fused-ring (bicyclic) bond motifs is 1. The highest BCUT2D eigenvalue weighted by molar-refractivity contribution is 5.86. The van der Waals surface area contributed by atoms with E-state index in [9.17, 15) is 9.90 Å². The van der Waals surface area contributed by atoms with Crippen molar-refractivity contribution in [2.45, 2.75) is 69.6 Å². The summed E-state index contributed by atoms with van der Waals surface area (Å²) in [6.07, 6.45) is 7.01. The molecule has 0 amide bonds. The lowest BCUT2D eigenvalue weighted by molar-refractivity contribution is -0.131. The summed E-state index contributed by atoms with van der Waals surface area (Å²) in [5, 5.41) is 19.8. The smallest absolute Gasteiger partial charge is 0.328 e. The van der Waals surface area contributed by atoms with E-state index in [2.05, 4.69) is 45.9 Å². The lowest BCUT2D eigenvalue weighted by atomic mass is 9.62. The summed E-state index contributed by atoms with van der Waals surface area (Å²) in [6.45, 7) is 9.30. The lowest BCUT2D eigenvalue weighted by Crippen LogP contribution is -2.34. The monoisotopic (exact) mass is 390 g/mol. The van der Waals surface area contributed by atoms with Gasteiger partial charge in [0.1, 0.15) is 5.75 Å². The highest BCUT2D eigenvalue weighted by Crippen LogP contribution is 2.58.